The number of aliphatic hydroxyl groups is 2. The van der Waals surface area contributed by atoms with E-state index in [2.05, 4.69) is 10.4 Å². The van der Waals surface area contributed by atoms with Crippen molar-refractivity contribution in [1.29, 1.82) is 0 Å². The van der Waals surface area contributed by atoms with Gasteiger partial charge in [-0.25, -0.2) is 8.78 Å². The Balaban J connectivity index is 1.48. The van der Waals surface area contributed by atoms with E-state index in [1.807, 2.05) is 0 Å². The van der Waals surface area contributed by atoms with E-state index < -0.39 is 48.0 Å². The first-order chi connectivity index (χ1) is 17.3. The average Bonchev–Trinajstić information content (AvgIpc) is 3.45. The largest absolute Gasteiger partial charge is 0.453 e. The predicted octanol–water partition coefficient (Wildman–Crippen LogP) is 2.60. The van der Waals surface area contributed by atoms with Crippen LogP contribution in [0.4, 0.5) is 14.6 Å². The Hall–Kier alpha value is -3.31. The highest BCUT2D eigenvalue weighted by Gasteiger charge is 2.36. The molecular formula is C25H30F2N4O5. The number of carbonyl (C=O) groups is 2. The number of nitrogens with one attached hydrogen (secondary N) is 1. The topological polar surface area (TPSA) is 117 Å². The summed E-state index contributed by atoms with van der Waals surface area (Å²) in [7, 11) is 0. The molecule has 1 aliphatic heterocycles. The number of hydrogen-bond acceptors (Lipinski definition) is 6. The van der Waals surface area contributed by atoms with Crippen LogP contribution in [0.5, 0.6) is 5.75 Å². The molecule has 2 aromatic rings. The van der Waals surface area contributed by atoms with Gasteiger partial charge in [-0.15, -0.1) is 0 Å². The molecule has 2 amide bonds. The van der Waals surface area contributed by atoms with Crippen LogP contribution in [0.3, 0.4) is 0 Å². The molecule has 3 N–H and O–H groups in total. The van der Waals surface area contributed by atoms with Gasteiger partial charge in [0.05, 0.1) is 25.8 Å². The number of benzene rings is 1. The zero-order chi connectivity index (χ0) is 25.7. The van der Waals surface area contributed by atoms with Crippen molar-refractivity contribution in [3.8, 4) is 5.75 Å². The molecule has 0 spiro atoms. The molecule has 2 aliphatic rings. The molecule has 0 bridgehead atoms. The van der Waals surface area contributed by atoms with E-state index in [4.69, 9.17) is 9.84 Å². The highest BCUT2D eigenvalue weighted by atomic mass is 19.1. The molecule has 1 aromatic carbocycles. The minimum Gasteiger partial charge on any atom is -0.453 e. The van der Waals surface area contributed by atoms with Gasteiger partial charge in [-0.1, -0.05) is 38.2 Å². The highest BCUT2D eigenvalue weighted by Crippen LogP contribution is 2.31. The highest BCUT2D eigenvalue weighted by molar-refractivity contribution is 5.99. The maximum atomic E-state index is 14.0. The third kappa shape index (κ3) is 6.27. The fourth-order valence-corrected chi connectivity index (χ4v) is 4.68. The van der Waals surface area contributed by atoms with Crippen molar-refractivity contribution in [2.75, 3.05) is 18.5 Å². The Morgan fingerprint density at radius 1 is 1.19 bits per heavy atom. The number of amides is 2. The fourth-order valence-electron chi connectivity index (χ4n) is 4.68. The quantitative estimate of drug-likeness (QED) is 0.458. The van der Waals surface area contributed by atoms with Gasteiger partial charge in [0.15, 0.2) is 23.2 Å². The minimum atomic E-state index is -0.987. The first kappa shape index (κ1) is 25.8. The lowest BCUT2D eigenvalue weighted by atomic mass is 9.84. The van der Waals surface area contributed by atoms with Crippen molar-refractivity contribution in [3.63, 3.8) is 0 Å². The molecule has 1 saturated carbocycles. The molecule has 0 radical (unpaired) electrons. The Morgan fingerprint density at radius 2 is 1.92 bits per heavy atom. The minimum absolute atomic E-state index is 0.0488. The number of rotatable bonds is 10. The first-order valence-corrected chi connectivity index (χ1v) is 12.1. The standard InChI is InChI=1S/C25H30F2N4O5/c26-19-7-4-8-20(27)24(19)36-18-12-23(34)31(14-18)21(11-16-5-2-1-3-6-16)25(35)28-22-9-10-30(29-22)13-17(33)15-32/h4,7-10,12,16-17,21,32-33H,1-3,5-6,11,13-15H2,(H,28,29,35). The van der Waals surface area contributed by atoms with Crippen LogP contribution in [-0.2, 0) is 16.1 Å². The number of ether oxygens (including phenoxy) is 1. The number of aliphatic hydroxyl groups excluding tert-OH is 2. The Bertz CT molecular complexity index is 1100. The molecule has 4 rings (SSSR count). The van der Waals surface area contributed by atoms with Gasteiger partial charge < -0.3 is 25.2 Å². The summed E-state index contributed by atoms with van der Waals surface area (Å²) >= 11 is 0. The van der Waals surface area contributed by atoms with Crippen LogP contribution >= 0.6 is 0 Å². The van der Waals surface area contributed by atoms with Crippen molar-refractivity contribution < 1.29 is 33.3 Å². The smallest absolute Gasteiger partial charge is 0.251 e. The second-order valence-electron chi connectivity index (χ2n) is 9.23. The summed E-state index contributed by atoms with van der Waals surface area (Å²) in [5.41, 5.74) is 0. The van der Waals surface area contributed by atoms with Crippen LogP contribution < -0.4 is 10.1 Å². The summed E-state index contributed by atoms with van der Waals surface area (Å²) in [5, 5.41) is 25.5. The number of anilines is 1. The van der Waals surface area contributed by atoms with Crippen LogP contribution in [0.15, 0.2) is 42.3 Å². The lowest BCUT2D eigenvalue weighted by Crippen LogP contribution is -2.46. The van der Waals surface area contributed by atoms with Crippen molar-refractivity contribution in [2.24, 2.45) is 5.92 Å². The number of aromatic nitrogens is 2. The molecule has 2 atom stereocenters. The molecule has 36 heavy (non-hydrogen) atoms. The molecule has 1 aromatic heterocycles. The first-order valence-electron chi connectivity index (χ1n) is 12.1. The molecule has 2 unspecified atom stereocenters. The monoisotopic (exact) mass is 504 g/mol. The molecule has 2 heterocycles. The van der Waals surface area contributed by atoms with E-state index in [0.29, 0.717) is 6.42 Å². The molecule has 0 saturated heterocycles. The lowest BCUT2D eigenvalue weighted by Gasteiger charge is -2.31. The van der Waals surface area contributed by atoms with Gasteiger partial charge in [-0.3, -0.25) is 14.3 Å². The zero-order valence-corrected chi connectivity index (χ0v) is 19.8. The molecule has 1 fully saturated rings. The third-order valence-corrected chi connectivity index (χ3v) is 6.51. The summed E-state index contributed by atoms with van der Waals surface area (Å²) < 4.78 is 34.9. The molecular weight excluding hydrogens is 474 g/mol. The van der Waals surface area contributed by atoms with E-state index >= 15 is 0 Å². The van der Waals surface area contributed by atoms with Gasteiger partial charge in [0.2, 0.25) is 5.91 Å². The number of nitrogens with zero attached hydrogens (tertiary/aromatic N) is 3. The summed E-state index contributed by atoms with van der Waals surface area (Å²) in [5.74, 6) is -2.74. The molecule has 194 valence electrons. The summed E-state index contributed by atoms with van der Waals surface area (Å²) in [6.45, 7) is -0.468. The lowest BCUT2D eigenvalue weighted by molar-refractivity contribution is -0.134. The van der Waals surface area contributed by atoms with Gasteiger partial charge >= 0.3 is 0 Å². The summed E-state index contributed by atoms with van der Waals surface area (Å²) in [6.07, 6.45) is 7.33. The van der Waals surface area contributed by atoms with Crippen LogP contribution in [0.25, 0.3) is 0 Å². The van der Waals surface area contributed by atoms with Crippen molar-refractivity contribution in [3.05, 3.63) is 53.9 Å². The second-order valence-corrected chi connectivity index (χ2v) is 9.23. The van der Waals surface area contributed by atoms with Crippen LogP contribution in [0.1, 0.15) is 38.5 Å². The van der Waals surface area contributed by atoms with E-state index in [9.17, 15) is 23.5 Å². The zero-order valence-electron chi connectivity index (χ0n) is 19.8. The van der Waals surface area contributed by atoms with Crippen molar-refractivity contribution >= 4 is 17.6 Å². The number of para-hydroxylation sites is 1. The predicted molar refractivity (Wildman–Crippen MR) is 126 cm³/mol. The van der Waals surface area contributed by atoms with Gasteiger partial charge in [-0.2, -0.15) is 5.10 Å². The van der Waals surface area contributed by atoms with Crippen LogP contribution in [-0.4, -0.2) is 62.0 Å². The van der Waals surface area contributed by atoms with E-state index in [1.54, 1.807) is 12.3 Å². The Kier molecular flexibility index (Phi) is 8.32. The fraction of sp³-hybridized carbons (Fsp3) is 0.480. The van der Waals surface area contributed by atoms with Crippen molar-refractivity contribution in [2.45, 2.75) is 57.2 Å². The normalized spacial score (nSPS) is 18.2. The number of carbonyl (C=O) groups excluding carboxylic acids is 2. The Labute approximate surface area is 207 Å². The summed E-state index contributed by atoms with van der Waals surface area (Å²) in [4.78, 5) is 27.6. The Morgan fingerprint density at radius 3 is 2.61 bits per heavy atom. The second kappa shape index (κ2) is 11.6. The SMILES string of the molecule is O=C(Nc1ccn(CC(O)CO)n1)C(CC1CCCCC1)N1CC(Oc2c(F)cccc2F)=CC1=O. The maximum absolute atomic E-state index is 14.0. The average molecular weight is 505 g/mol. The maximum Gasteiger partial charge on any atom is 0.251 e. The van der Waals surface area contributed by atoms with Gasteiger partial charge in [-0.05, 0) is 24.5 Å². The molecule has 11 heteroatoms. The molecule has 9 nitrogen and oxygen atoms in total. The van der Waals surface area contributed by atoms with E-state index in [1.165, 1.54) is 15.6 Å². The van der Waals surface area contributed by atoms with Gasteiger partial charge in [0.1, 0.15) is 11.8 Å². The van der Waals surface area contributed by atoms with Crippen LogP contribution in [0, 0.1) is 17.6 Å². The van der Waals surface area contributed by atoms with Crippen LogP contribution in [0.2, 0.25) is 0 Å². The molecule has 1 aliphatic carbocycles. The number of hydrogen-bond donors (Lipinski definition) is 3. The third-order valence-electron chi connectivity index (χ3n) is 6.51. The van der Waals surface area contributed by atoms with E-state index in [0.717, 1.165) is 50.3 Å². The van der Waals surface area contributed by atoms with Crippen molar-refractivity contribution in [1.82, 2.24) is 14.7 Å². The number of halogens is 2. The van der Waals surface area contributed by atoms with E-state index in [-0.39, 0.29) is 30.6 Å². The summed E-state index contributed by atoms with van der Waals surface area (Å²) in [6, 6.07) is 4.06. The van der Waals surface area contributed by atoms with Gasteiger partial charge in [0, 0.05) is 18.3 Å². The van der Waals surface area contributed by atoms with Gasteiger partial charge in [0.25, 0.3) is 5.91 Å².